The van der Waals surface area contributed by atoms with Crippen LogP contribution in [0.4, 0.5) is 24.7 Å². The van der Waals surface area contributed by atoms with E-state index in [0.29, 0.717) is 22.6 Å². The predicted molar refractivity (Wildman–Crippen MR) is 138 cm³/mol. The Hall–Kier alpha value is -3.28. The number of carbonyl (C=O) groups excluding carboxylic acids is 2. The lowest BCUT2D eigenvalue weighted by atomic mass is 10.0. The van der Waals surface area contributed by atoms with E-state index in [-0.39, 0.29) is 33.7 Å². The molecule has 0 fully saturated rings. The highest BCUT2D eigenvalue weighted by Gasteiger charge is 2.32. The number of hydrogen-bond donors (Lipinski definition) is 4. The molecule has 0 aliphatic carbocycles. The molecule has 0 radical (unpaired) electrons. The van der Waals surface area contributed by atoms with Crippen LogP contribution in [0.25, 0.3) is 10.8 Å². The van der Waals surface area contributed by atoms with Gasteiger partial charge in [0, 0.05) is 23.9 Å². The van der Waals surface area contributed by atoms with Crippen molar-refractivity contribution in [1.29, 1.82) is 0 Å². The number of allylic oxidation sites excluding steroid dienone is 1. The van der Waals surface area contributed by atoms with Crippen molar-refractivity contribution in [3.05, 3.63) is 76.0 Å². The van der Waals surface area contributed by atoms with Crippen molar-refractivity contribution in [3.63, 3.8) is 0 Å². The van der Waals surface area contributed by atoms with E-state index in [1.54, 1.807) is 24.3 Å². The number of aliphatic imine (C=N–C) groups is 1. The summed E-state index contributed by atoms with van der Waals surface area (Å²) in [7, 11) is 0. The highest BCUT2D eigenvalue weighted by atomic mass is 35.5. The number of nitrogens with one attached hydrogen (secondary N) is 2. The van der Waals surface area contributed by atoms with Crippen LogP contribution in [0.15, 0.2) is 65.4 Å². The minimum atomic E-state index is -4.94. The van der Waals surface area contributed by atoms with Crippen molar-refractivity contribution in [2.45, 2.75) is 6.18 Å². The zero-order chi connectivity index (χ0) is 26.5. The Bertz CT molecular complexity index is 1380. The van der Waals surface area contributed by atoms with E-state index >= 15 is 0 Å². The zero-order valence-electron chi connectivity index (χ0n) is 18.2. The van der Waals surface area contributed by atoms with Gasteiger partial charge < -0.3 is 16.4 Å². The molecule has 0 aliphatic rings. The summed E-state index contributed by atoms with van der Waals surface area (Å²) in [5.74, 6) is -1.59. The molecule has 0 bridgehead atoms. The Balaban J connectivity index is 2.14. The number of thiol groups is 1. The minimum Gasteiger partial charge on any atom is -0.395 e. The van der Waals surface area contributed by atoms with Crippen molar-refractivity contribution in [3.8, 4) is 0 Å². The van der Waals surface area contributed by atoms with Crippen LogP contribution >= 0.6 is 35.8 Å². The van der Waals surface area contributed by atoms with Crippen LogP contribution in [0.1, 0.15) is 10.4 Å². The van der Waals surface area contributed by atoms with Crippen molar-refractivity contribution < 1.29 is 22.8 Å². The smallest absolute Gasteiger partial charge is 0.395 e. The standard InChI is InChI=1S/C23H18Cl2F3N5O2S/c24-15-6-3-7-30-20(15)32-16(11-17(29)23(26,27)28)22(35)33-19-14(21(34)31-8-9-36)10-12-4-1-2-5-13(12)18(19)25/h1-7,10-11,36H,8-9,29H2,(H,31,34)(H,33,35). The molecule has 0 saturated heterocycles. The molecule has 2 amide bonds. The van der Waals surface area contributed by atoms with Crippen molar-refractivity contribution in [2.75, 3.05) is 17.6 Å². The summed E-state index contributed by atoms with van der Waals surface area (Å²) in [5.41, 5.74) is 2.64. The molecule has 0 unspecified atom stereocenters. The SMILES string of the molecule is NC(=CC(=Nc1ncccc1Cl)C(=O)Nc1c(C(=O)NCCS)cc2ccccc2c1Cl)C(F)(F)F. The largest absolute Gasteiger partial charge is 0.430 e. The highest BCUT2D eigenvalue weighted by Crippen LogP contribution is 2.35. The van der Waals surface area contributed by atoms with Gasteiger partial charge in [0.15, 0.2) is 5.82 Å². The molecule has 13 heteroatoms. The Morgan fingerprint density at radius 2 is 1.89 bits per heavy atom. The second kappa shape index (κ2) is 11.6. The van der Waals surface area contributed by atoms with Gasteiger partial charge in [-0.25, -0.2) is 9.98 Å². The first-order valence-electron chi connectivity index (χ1n) is 10.2. The van der Waals surface area contributed by atoms with E-state index in [4.69, 9.17) is 28.9 Å². The van der Waals surface area contributed by atoms with Gasteiger partial charge in [0.2, 0.25) is 0 Å². The van der Waals surface area contributed by atoms with Crippen LogP contribution in [0.2, 0.25) is 10.0 Å². The number of fused-ring (bicyclic) bond motifs is 1. The summed E-state index contributed by atoms with van der Waals surface area (Å²) in [5, 5.41) is 6.11. The topological polar surface area (TPSA) is 109 Å². The summed E-state index contributed by atoms with van der Waals surface area (Å²) in [6.07, 6.45) is -3.30. The fourth-order valence-corrected chi connectivity index (χ4v) is 3.60. The number of halogens is 5. The number of alkyl halides is 3. The van der Waals surface area contributed by atoms with Crippen LogP contribution in [0.5, 0.6) is 0 Å². The van der Waals surface area contributed by atoms with E-state index < -0.39 is 29.4 Å². The second-order valence-corrected chi connectivity index (χ2v) is 8.40. The monoisotopic (exact) mass is 555 g/mol. The average Bonchev–Trinajstić information content (AvgIpc) is 2.84. The van der Waals surface area contributed by atoms with Gasteiger partial charge in [0.25, 0.3) is 11.8 Å². The molecule has 1 heterocycles. The number of benzene rings is 2. The van der Waals surface area contributed by atoms with Crippen LogP contribution in [0, 0.1) is 0 Å². The third-order valence-electron chi connectivity index (χ3n) is 4.68. The molecule has 4 N–H and O–H groups in total. The number of nitrogens with zero attached hydrogens (tertiary/aromatic N) is 2. The van der Waals surface area contributed by atoms with Gasteiger partial charge in [-0.15, -0.1) is 0 Å². The summed E-state index contributed by atoms with van der Waals surface area (Å²) in [6.45, 7) is 0.218. The molecule has 1 aromatic heterocycles. The molecular formula is C23H18Cl2F3N5O2S. The van der Waals surface area contributed by atoms with Gasteiger partial charge in [0.1, 0.15) is 11.4 Å². The number of pyridine rings is 1. The van der Waals surface area contributed by atoms with Gasteiger partial charge in [0.05, 0.1) is 21.3 Å². The molecule has 2 aromatic carbocycles. The number of aromatic nitrogens is 1. The second-order valence-electron chi connectivity index (χ2n) is 7.17. The zero-order valence-corrected chi connectivity index (χ0v) is 20.6. The molecular weight excluding hydrogens is 538 g/mol. The fraction of sp³-hybridized carbons (Fsp3) is 0.130. The first kappa shape index (κ1) is 27.3. The van der Waals surface area contributed by atoms with Crippen LogP contribution in [-0.4, -0.2) is 41.0 Å². The highest BCUT2D eigenvalue weighted by molar-refractivity contribution is 7.80. The van der Waals surface area contributed by atoms with Crippen molar-refractivity contribution >= 4 is 75.6 Å². The first-order chi connectivity index (χ1) is 17.0. The van der Waals surface area contributed by atoms with E-state index in [9.17, 15) is 22.8 Å². The van der Waals surface area contributed by atoms with Crippen molar-refractivity contribution in [2.24, 2.45) is 10.7 Å². The molecule has 188 valence electrons. The molecule has 36 heavy (non-hydrogen) atoms. The lowest BCUT2D eigenvalue weighted by molar-refractivity contribution is -0.110. The van der Waals surface area contributed by atoms with Crippen LogP contribution in [0.3, 0.4) is 0 Å². The minimum absolute atomic E-state index is 0.000430. The molecule has 0 saturated carbocycles. The quantitative estimate of drug-likeness (QED) is 0.233. The molecule has 7 nitrogen and oxygen atoms in total. The Morgan fingerprint density at radius 3 is 2.56 bits per heavy atom. The maximum atomic E-state index is 13.2. The van der Waals surface area contributed by atoms with E-state index in [2.05, 4.69) is 33.2 Å². The van der Waals surface area contributed by atoms with Gasteiger partial charge in [-0.3, -0.25) is 9.59 Å². The third kappa shape index (κ3) is 6.48. The van der Waals surface area contributed by atoms with E-state index in [1.165, 1.54) is 24.4 Å². The molecule has 0 aliphatic heterocycles. The normalized spacial score (nSPS) is 12.5. The fourth-order valence-electron chi connectivity index (χ4n) is 3.00. The summed E-state index contributed by atoms with van der Waals surface area (Å²) in [6, 6.07) is 11.2. The number of anilines is 1. The maximum absolute atomic E-state index is 13.2. The number of hydrogen-bond acceptors (Lipinski definition) is 6. The maximum Gasteiger partial charge on any atom is 0.430 e. The molecule has 3 aromatic rings. The first-order valence-corrected chi connectivity index (χ1v) is 11.6. The summed E-state index contributed by atoms with van der Waals surface area (Å²) < 4.78 is 39.4. The van der Waals surface area contributed by atoms with Gasteiger partial charge in [-0.05, 0) is 29.7 Å². The molecule has 0 atom stereocenters. The number of nitrogens with two attached hydrogens (primary N) is 1. The lowest BCUT2D eigenvalue weighted by Crippen LogP contribution is -2.29. The molecule has 0 spiro atoms. The predicted octanol–water partition coefficient (Wildman–Crippen LogP) is 5.32. The van der Waals surface area contributed by atoms with Crippen LogP contribution in [-0.2, 0) is 4.79 Å². The lowest BCUT2D eigenvalue weighted by Gasteiger charge is -2.16. The third-order valence-corrected chi connectivity index (χ3v) is 5.60. The van der Waals surface area contributed by atoms with Crippen molar-refractivity contribution in [1.82, 2.24) is 10.3 Å². The van der Waals surface area contributed by atoms with Gasteiger partial charge >= 0.3 is 6.18 Å². The summed E-state index contributed by atoms with van der Waals surface area (Å²) in [4.78, 5) is 33.8. The number of rotatable bonds is 7. The summed E-state index contributed by atoms with van der Waals surface area (Å²) >= 11 is 16.6. The Kier molecular flexibility index (Phi) is 8.83. The average molecular weight is 556 g/mol. The Morgan fingerprint density at radius 1 is 1.17 bits per heavy atom. The van der Waals surface area contributed by atoms with E-state index in [1.807, 2.05) is 0 Å². The van der Waals surface area contributed by atoms with E-state index in [0.717, 1.165) is 0 Å². The van der Waals surface area contributed by atoms with Crippen LogP contribution < -0.4 is 16.4 Å². The van der Waals surface area contributed by atoms with Gasteiger partial charge in [-0.1, -0.05) is 47.5 Å². The Labute approximate surface area is 219 Å². The van der Waals surface area contributed by atoms with Gasteiger partial charge in [-0.2, -0.15) is 25.8 Å². The number of amides is 2. The number of carbonyl (C=O) groups is 2. The molecule has 3 rings (SSSR count).